The van der Waals surface area contributed by atoms with Crippen molar-refractivity contribution in [2.75, 3.05) is 0 Å². The fourth-order valence-corrected chi connectivity index (χ4v) is 3.22. The zero-order valence-electron chi connectivity index (χ0n) is 9.63. The standard InChI is InChI=1S/C11H19N3O/c1-10(2)7-4-5-11(10,3)8(6-7)13-14-9(12)15/h7H,4-6H2,1-3H3,(H3,12,14,15)/b13-8-/t7-,11-/m0/s1. The minimum absolute atomic E-state index is 0.139. The number of nitrogens with zero attached hydrogens (tertiary/aromatic N) is 1. The van der Waals surface area contributed by atoms with Crippen molar-refractivity contribution < 1.29 is 4.79 Å². The Bertz CT molecular complexity index is 335. The summed E-state index contributed by atoms with van der Waals surface area (Å²) in [6.45, 7) is 6.86. The second kappa shape index (κ2) is 2.97. The van der Waals surface area contributed by atoms with Gasteiger partial charge in [-0.25, -0.2) is 10.2 Å². The molecule has 2 saturated carbocycles. The lowest BCUT2D eigenvalue weighted by atomic mass is 9.70. The van der Waals surface area contributed by atoms with E-state index < -0.39 is 6.03 Å². The van der Waals surface area contributed by atoms with E-state index in [2.05, 4.69) is 31.3 Å². The molecule has 2 atom stereocenters. The first-order valence-corrected chi connectivity index (χ1v) is 5.50. The molecule has 0 saturated heterocycles. The lowest BCUT2D eigenvalue weighted by Crippen LogP contribution is -2.35. The summed E-state index contributed by atoms with van der Waals surface area (Å²) in [7, 11) is 0. The normalized spacial score (nSPS) is 39.7. The predicted molar refractivity (Wildman–Crippen MR) is 59.4 cm³/mol. The SMILES string of the molecule is CC1(C)[C@H]2CC[C@@]1(C)/C(=N\NC(N)=O)C2. The van der Waals surface area contributed by atoms with Crippen molar-refractivity contribution in [1.82, 2.24) is 5.43 Å². The van der Waals surface area contributed by atoms with Gasteiger partial charge in [-0.3, -0.25) is 0 Å². The molecule has 2 aliphatic rings. The lowest BCUT2D eigenvalue weighted by Gasteiger charge is -2.34. The number of rotatable bonds is 1. The largest absolute Gasteiger partial charge is 0.350 e. The van der Waals surface area contributed by atoms with Crippen LogP contribution < -0.4 is 11.2 Å². The van der Waals surface area contributed by atoms with Gasteiger partial charge in [0.05, 0.1) is 0 Å². The predicted octanol–water partition coefficient (Wildman–Crippen LogP) is 1.86. The van der Waals surface area contributed by atoms with Crippen LogP contribution in [0, 0.1) is 16.7 Å². The number of nitrogens with one attached hydrogen (secondary N) is 1. The Balaban J connectivity index is 2.26. The summed E-state index contributed by atoms with van der Waals surface area (Å²) in [6.07, 6.45) is 3.45. The lowest BCUT2D eigenvalue weighted by molar-refractivity contribution is 0.193. The van der Waals surface area contributed by atoms with E-state index in [0.29, 0.717) is 11.3 Å². The molecule has 0 heterocycles. The number of hydrazone groups is 1. The second-order valence-electron chi connectivity index (χ2n) is 5.53. The van der Waals surface area contributed by atoms with E-state index >= 15 is 0 Å². The zero-order chi connectivity index (χ0) is 11.3. The number of amides is 2. The van der Waals surface area contributed by atoms with Gasteiger partial charge in [-0.2, -0.15) is 5.10 Å². The highest BCUT2D eigenvalue weighted by molar-refractivity contribution is 5.94. The van der Waals surface area contributed by atoms with Gasteiger partial charge >= 0.3 is 6.03 Å². The van der Waals surface area contributed by atoms with Gasteiger partial charge in [-0.15, -0.1) is 0 Å². The Labute approximate surface area is 90.3 Å². The Morgan fingerprint density at radius 3 is 2.60 bits per heavy atom. The number of fused-ring (bicyclic) bond motifs is 2. The molecular formula is C11H19N3O. The van der Waals surface area contributed by atoms with Crippen LogP contribution in [0.15, 0.2) is 5.10 Å². The van der Waals surface area contributed by atoms with E-state index in [0.717, 1.165) is 12.1 Å². The van der Waals surface area contributed by atoms with Gasteiger partial charge in [0.1, 0.15) is 0 Å². The molecule has 0 aromatic rings. The van der Waals surface area contributed by atoms with Crippen LogP contribution in [0.3, 0.4) is 0 Å². The molecule has 2 aliphatic carbocycles. The molecule has 2 bridgehead atoms. The van der Waals surface area contributed by atoms with E-state index in [1.165, 1.54) is 12.8 Å². The Hall–Kier alpha value is -1.06. The summed E-state index contributed by atoms with van der Waals surface area (Å²) >= 11 is 0. The van der Waals surface area contributed by atoms with Crippen molar-refractivity contribution in [1.29, 1.82) is 0 Å². The Kier molecular flexibility index (Phi) is 2.07. The molecule has 3 N–H and O–H groups in total. The van der Waals surface area contributed by atoms with Crippen LogP contribution in [0.5, 0.6) is 0 Å². The van der Waals surface area contributed by atoms with Gasteiger partial charge < -0.3 is 5.73 Å². The molecule has 15 heavy (non-hydrogen) atoms. The molecule has 4 nitrogen and oxygen atoms in total. The van der Waals surface area contributed by atoms with Crippen LogP contribution in [0.2, 0.25) is 0 Å². The van der Waals surface area contributed by atoms with Gasteiger partial charge in [-0.1, -0.05) is 20.8 Å². The Morgan fingerprint density at radius 1 is 1.53 bits per heavy atom. The maximum absolute atomic E-state index is 10.6. The fraction of sp³-hybridized carbons (Fsp3) is 0.818. The molecular weight excluding hydrogens is 190 g/mol. The summed E-state index contributed by atoms with van der Waals surface area (Å²) in [5.41, 5.74) is 8.93. The molecule has 0 unspecified atom stereocenters. The number of hydrogen-bond acceptors (Lipinski definition) is 2. The maximum atomic E-state index is 10.6. The molecule has 2 rings (SSSR count). The molecule has 0 aromatic carbocycles. The molecule has 0 aliphatic heterocycles. The van der Waals surface area contributed by atoms with Gasteiger partial charge in [0.15, 0.2) is 0 Å². The number of carbonyl (C=O) groups excluding carboxylic acids is 1. The first kappa shape index (κ1) is 10.5. The fourth-order valence-electron chi connectivity index (χ4n) is 3.22. The minimum atomic E-state index is -0.577. The topological polar surface area (TPSA) is 67.5 Å². The number of urea groups is 1. The van der Waals surface area contributed by atoms with Gasteiger partial charge in [-0.05, 0) is 30.6 Å². The molecule has 2 amide bonds. The summed E-state index contributed by atoms with van der Waals surface area (Å²) in [5, 5.41) is 4.16. The third kappa shape index (κ3) is 1.27. The molecule has 0 radical (unpaired) electrons. The number of nitrogens with two attached hydrogens (primary N) is 1. The number of primary amides is 1. The van der Waals surface area contributed by atoms with Crippen LogP contribution >= 0.6 is 0 Å². The highest BCUT2D eigenvalue weighted by Crippen LogP contribution is 2.63. The van der Waals surface area contributed by atoms with E-state index in [9.17, 15) is 4.79 Å². The van der Waals surface area contributed by atoms with E-state index in [4.69, 9.17) is 5.73 Å². The van der Waals surface area contributed by atoms with Crippen molar-refractivity contribution in [3.05, 3.63) is 0 Å². The Morgan fingerprint density at radius 2 is 2.20 bits per heavy atom. The molecule has 4 heteroatoms. The van der Waals surface area contributed by atoms with Crippen molar-refractivity contribution in [2.24, 2.45) is 27.6 Å². The van der Waals surface area contributed by atoms with Gasteiger partial charge in [0, 0.05) is 11.1 Å². The third-order valence-corrected chi connectivity index (χ3v) is 4.81. The maximum Gasteiger partial charge on any atom is 0.332 e. The first-order valence-electron chi connectivity index (χ1n) is 5.50. The summed E-state index contributed by atoms with van der Waals surface area (Å²) in [4.78, 5) is 10.6. The van der Waals surface area contributed by atoms with Crippen molar-refractivity contribution in [2.45, 2.75) is 40.0 Å². The monoisotopic (exact) mass is 209 g/mol. The van der Waals surface area contributed by atoms with Crippen molar-refractivity contribution in [3.8, 4) is 0 Å². The van der Waals surface area contributed by atoms with Crippen LogP contribution in [0.25, 0.3) is 0 Å². The second-order valence-corrected chi connectivity index (χ2v) is 5.53. The highest BCUT2D eigenvalue weighted by Gasteiger charge is 2.59. The molecule has 84 valence electrons. The highest BCUT2D eigenvalue weighted by atomic mass is 16.2. The number of carbonyl (C=O) groups is 1. The average molecular weight is 209 g/mol. The smallest absolute Gasteiger partial charge is 0.332 e. The third-order valence-electron chi connectivity index (χ3n) is 4.81. The van der Waals surface area contributed by atoms with E-state index in [1.54, 1.807) is 0 Å². The van der Waals surface area contributed by atoms with E-state index in [1.807, 2.05) is 0 Å². The van der Waals surface area contributed by atoms with Crippen LogP contribution in [0.4, 0.5) is 4.79 Å². The van der Waals surface area contributed by atoms with Crippen LogP contribution in [0.1, 0.15) is 40.0 Å². The van der Waals surface area contributed by atoms with Crippen LogP contribution in [-0.2, 0) is 0 Å². The van der Waals surface area contributed by atoms with Crippen LogP contribution in [-0.4, -0.2) is 11.7 Å². The summed E-state index contributed by atoms with van der Waals surface area (Å²) < 4.78 is 0. The zero-order valence-corrected chi connectivity index (χ0v) is 9.63. The van der Waals surface area contributed by atoms with Crippen molar-refractivity contribution >= 4 is 11.7 Å². The number of hydrogen-bond donors (Lipinski definition) is 2. The van der Waals surface area contributed by atoms with E-state index in [-0.39, 0.29) is 5.41 Å². The summed E-state index contributed by atoms with van der Waals surface area (Å²) in [6, 6.07) is -0.577. The summed E-state index contributed by atoms with van der Waals surface area (Å²) in [5.74, 6) is 0.705. The molecule has 0 spiro atoms. The average Bonchev–Trinajstić information content (AvgIpc) is 2.46. The molecule has 0 aromatic heterocycles. The van der Waals surface area contributed by atoms with Gasteiger partial charge in [0.2, 0.25) is 0 Å². The minimum Gasteiger partial charge on any atom is -0.350 e. The first-order chi connectivity index (χ1) is 6.88. The molecule has 2 fully saturated rings. The van der Waals surface area contributed by atoms with Gasteiger partial charge in [0.25, 0.3) is 0 Å². The van der Waals surface area contributed by atoms with Crippen molar-refractivity contribution in [3.63, 3.8) is 0 Å². The quantitative estimate of drug-likeness (QED) is 0.636.